The van der Waals surface area contributed by atoms with E-state index in [1.54, 1.807) is 0 Å². The van der Waals surface area contributed by atoms with Crippen LogP contribution in [0, 0.1) is 11.8 Å². The molecule has 35 heavy (non-hydrogen) atoms. The highest BCUT2D eigenvalue weighted by atomic mass is 32.2. The Kier molecular flexibility index (Phi) is 12.5. The number of carboxylic acid groups (broad SMARTS) is 4. The van der Waals surface area contributed by atoms with Crippen LogP contribution in [-0.2, 0) is 29.0 Å². The van der Waals surface area contributed by atoms with E-state index >= 15 is 0 Å². The molecule has 0 unspecified atom stereocenters. The molecule has 0 fully saturated rings. The second kappa shape index (κ2) is 14.2. The fourth-order valence-corrected chi connectivity index (χ4v) is 3.56. The first-order valence-electron chi connectivity index (χ1n) is 9.93. The Morgan fingerprint density at radius 3 is 0.971 bits per heavy atom. The fraction of sp³-hybridized carbons (Fsp3) is 0.273. The van der Waals surface area contributed by atoms with E-state index in [1.165, 1.54) is 62.4 Å². The highest BCUT2D eigenvalue weighted by Crippen LogP contribution is 2.23. The Bertz CT molecular complexity index is 995. The van der Waals surface area contributed by atoms with Gasteiger partial charge in [-0.2, -0.15) is 0 Å². The number of aromatic hydroxyl groups is 2. The number of carboxylic acids is 4. The van der Waals surface area contributed by atoms with Gasteiger partial charge in [0.1, 0.15) is 11.5 Å². The van der Waals surface area contributed by atoms with Crippen LogP contribution in [0.2, 0.25) is 0 Å². The fourth-order valence-electron chi connectivity index (χ4n) is 2.30. The lowest BCUT2D eigenvalue weighted by Crippen LogP contribution is -2.22. The van der Waals surface area contributed by atoms with E-state index in [0.717, 1.165) is 0 Å². The molecule has 2 aromatic rings. The van der Waals surface area contributed by atoms with Crippen LogP contribution in [-0.4, -0.2) is 62.9 Å². The number of carbonyl (C=O) groups is 4. The molecular formula is C22H26O12S. The molecule has 2 aromatic carbocycles. The number of benzene rings is 2. The maximum Gasteiger partial charge on any atom is 0.317 e. The highest BCUT2D eigenvalue weighted by molar-refractivity contribution is 7.91. The SMILES string of the molecule is CCC(C(=O)O)C(=O)O.CCC(C(=O)O)C(=O)O.O=S(=O)(c1ccc(O)cc1)c1ccc(O)cc1. The van der Waals surface area contributed by atoms with Gasteiger partial charge in [0.15, 0.2) is 11.8 Å². The zero-order valence-electron chi connectivity index (χ0n) is 18.7. The summed E-state index contributed by atoms with van der Waals surface area (Å²) >= 11 is 0. The maximum atomic E-state index is 12.1. The smallest absolute Gasteiger partial charge is 0.317 e. The van der Waals surface area contributed by atoms with Crippen LogP contribution in [0.1, 0.15) is 26.7 Å². The van der Waals surface area contributed by atoms with Gasteiger partial charge in [0.25, 0.3) is 0 Å². The van der Waals surface area contributed by atoms with Crippen molar-refractivity contribution in [3.63, 3.8) is 0 Å². The molecule has 0 bridgehead atoms. The van der Waals surface area contributed by atoms with Crippen molar-refractivity contribution in [2.24, 2.45) is 11.8 Å². The van der Waals surface area contributed by atoms with Crippen LogP contribution >= 0.6 is 0 Å². The molecule has 0 aliphatic heterocycles. The summed E-state index contributed by atoms with van der Waals surface area (Å²) in [5, 5.41) is 50.9. The summed E-state index contributed by atoms with van der Waals surface area (Å²) in [4.78, 5) is 40.2. The number of aliphatic carboxylic acids is 4. The molecule has 0 amide bonds. The van der Waals surface area contributed by atoms with Gasteiger partial charge in [-0.25, -0.2) is 8.42 Å². The van der Waals surface area contributed by atoms with Crippen LogP contribution in [0.4, 0.5) is 0 Å². The lowest BCUT2D eigenvalue weighted by Gasteiger charge is -2.04. The van der Waals surface area contributed by atoms with Crippen molar-refractivity contribution in [3.05, 3.63) is 48.5 Å². The number of sulfone groups is 1. The molecule has 0 saturated heterocycles. The molecule has 0 aliphatic carbocycles. The molecule has 192 valence electrons. The van der Waals surface area contributed by atoms with Crippen molar-refractivity contribution >= 4 is 33.7 Å². The molecule has 0 aromatic heterocycles. The van der Waals surface area contributed by atoms with Crippen LogP contribution in [0.25, 0.3) is 0 Å². The van der Waals surface area contributed by atoms with E-state index in [-0.39, 0.29) is 34.1 Å². The Hall–Kier alpha value is -4.13. The normalized spacial score (nSPS) is 10.4. The first-order chi connectivity index (χ1) is 16.2. The van der Waals surface area contributed by atoms with E-state index in [1.807, 2.05) is 0 Å². The van der Waals surface area contributed by atoms with Gasteiger partial charge >= 0.3 is 23.9 Å². The Balaban J connectivity index is 0.000000549. The quantitative estimate of drug-likeness (QED) is 0.279. The third-order valence-electron chi connectivity index (χ3n) is 4.30. The van der Waals surface area contributed by atoms with Crippen molar-refractivity contribution in [2.45, 2.75) is 36.5 Å². The van der Waals surface area contributed by atoms with Crippen molar-refractivity contribution in [2.75, 3.05) is 0 Å². The lowest BCUT2D eigenvalue weighted by molar-refractivity contribution is -0.156. The Morgan fingerprint density at radius 2 is 0.829 bits per heavy atom. The number of phenolic OH excluding ortho intramolecular Hbond substituents is 2. The number of hydrogen-bond donors (Lipinski definition) is 6. The molecule has 12 nitrogen and oxygen atoms in total. The summed E-state index contributed by atoms with van der Waals surface area (Å²) in [6.07, 6.45) is 0.259. The number of rotatable bonds is 8. The van der Waals surface area contributed by atoms with Gasteiger partial charge in [-0.1, -0.05) is 13.8 Å². The summed E-state index contributed by atoms with van der Waals surface area (Å²) < 4.78 is 24.2. The predicted molar refractivity (Wildman–Crippen MR) is 120 cm³/mol. The van der Waals surface area contributed by atoms with Gasteiger partial charge in [0, 0.05) is 0 Å². The summed E-state index contributed by atoms with van der Waals surface area (Å²) in [5.74, 6) is -7.57. The molecule has 2 rings (SSSR count). The van der Waals surface area contributed by atoms with Gasteiger partial charge in [0.2, 0.25) is 9.84 Å². The van der Waals surface area contributed by atoms with Crippen LogP contribution in [0.15, 0.2) is 58.3 Å². The van der Waals surface area contributed by atoms with Gasteiger partial charge in [-0.05, 0) is 61.4 Å². The summed E-state index contributed by atoms with van der Waals surface area (Å²) in [7, 11) is -3.59. The first-order valence-corrected chi connectivity index (χ1v) is 11.4. The monoisotopic (exact) mass is 514 g/mol. The summed E-state index contributed by atoms with van der Waals surface area (Å²) in [6.45, 7) is 3.04. The second-order valence-electron chi connectivity index (χ2n) is 6.77. The zero-order valence-corrected chi connectivity index (χ0v) is 19.5. The molecule has 0 heterocycles. The second-order valence-corrected chi connectivity index (χ2v) is 8.72. The minimum absolute atomic E-state index is 0.00894. The van der Waals surface area contributed by atoms with Gasteiger partial charge in [0.05, 0.1) is 9.79 Å². The molecule has 0 radical (unpaired) electrons. The minimum atomic E-state index is -3.59. The van der Waals surface area contributed by atoms with Crippen LogP contribution < -0.4 is 0 Å². The van der Waals surface area contributed by atoms with E-state index in [4.69, 9.17) is 30.6 Å². The molecular weight excluding hydrogens is 488 g/mol. The van der Waals surface area contributed by atoms with Crippen molar-refractivity contribution in [1.82, 2.24) is 0 Å². The Labute approximate surface area is 200 Å². The minimum Gasteiger partial charge on any atom is -0.508 e. The summed E-state index contributed by atoms with van der Waals surface area (Å²) in [6, 6.07) is 10.6. The molecule has 0 atom stereocenters. The third-order valence-corrected chi connectivity index (χ3v) is 6.09. The van der Waals surface area contributed by atoms with E-state index in [0.29, 0.717) is 0 Å². The molecule has 6 N–H and O–H groups in total. The first kappa shape index (κ1) is 30.9. The average Bonchev–Trinajstić information content (AvgIpc) is 2.75. The molecule has 0 saturated carbocycles. The topological polar surface area (TPSA) is 224 Å². The van der Waals surface area contributed by atoms with Crippen LogP contribution in [0.3, 0.4) is 0 Å². The maximum absolute atomic E-state index is 12.1. The highest BCUT2D eigenvalue weighted by Gasteiger charge is 2.23. The zero-order chi connectivity index (χ0) is 27.3. The number of phenols is 2. The molecule has 13 heteroatoms. The van der Waals surface area contributed by atoms with Gasteiger partial charge < -0.3 is 30.6 Å². The van der Waals surface area contributed by atoms with Crippen LogP contribution in [0.5, 0.6) is 11.5 Å². The largest absolute Gasteiger partial charge is 0.508 e. The average molecular weight is 515 g/mol. The summed E-state index contributed by atoms with van der Waals surface area (Å²) in [5.41, 5.74) is 0. The van der Waals surface area contributed by atoms with Gasteiger partial charge in [-0.15, -0.1) is 0 Å². The lowest BCUT2D eigenvalue weighted by atomic mass is 10.1. The number of hydrogen-bond acceptors (Lipinski definition) is 8. The van der Waals surface area contributed by atoms with E-state index in [9.17, 15) is 27.6 Å². The third kappa shape index (κ3) is 10.1. The Morgan fingerprint density at radius 1 is 0.600 bits per heavy atom. The predicted octanol–water partition coefficient (Wildman–Crippen LogP) is 2.29. The van der Waals surface area contributed by atoms with E-state index < -0.39 is 45.6 Å². The molecule has 0 spiro atoms. The van der Waals surface area contributed by atoms with Crippen molar-refractivity contribution in [1.29, 1.82) is 0 Å². The van der Waals surface area contributed by atoms with Gasteiger partial charge in [-0.3, -0.25) is 19.2 Å². The van der Waals surface area contributed by atoms with Crippen molar-refractivity contribution in [3.8, 4) is 11.5 Å². The van der Waals surface area contributed by atoms with Crippen molar-refractivity contribution < 1.29 is 58.2 Å². The standard InChI is InChI=1S/C12H10O4S.2C5H8O4/c13-9-1-5-11(6-2-9)17(15,16)12-7-3-10(14)4-8-12;2*1-2-3(4(6)7)5(8)9/h1-8,13-14H;2*3H,2H2,1H3,(H,6,7)(H,8,9). The van der Waals surface area contributed by atoms with E-state index in [2.05, 4.69) is 0 Å². The molecule has 0 aliphatic rings.